The maximum atomic E-state index is 12.6. The number of piperazine rings is 1. The Hall–Kier alpha value is -3.82. The molecular weight excluding hydrogens is 392 g/mol. The number of carbonyl (C=O) groups is 2. The van der Waals surface area contributed by atoms with E-state index in [1.54, 1.807) is 37.3 Å². The molecule has 0 spiro atoms. The Bertz CT molecular complexity index is 928. The molecule has 1 atom stereocenters. The van der Waals surface area contributed by atoms with Crippen LogP contribution in [0.25, 0.3) is 0 Å². The third kappa shape index (κ3) is 4.96. The summed E-state index contributed by atoms with van der Waals surface area (Å²) >= 11 is 0. The molecule has 1 unspecified atom stereocenters. The second kappa shape index (κ2) is 9.12. The van der Waals surface area contributed by atoms with E-state index in [1.807, 2.05) is 11.0 Å². The van der Waals surface area contributed by atoms with Crippen molar-refractivity contribution in [3.63, 3.8) is 0 Å². The standard InChI is InChI=1S/C20H22N4O6/c1-14(30-16-5-3-2-4-6-16)19(25)21-17-13-15(7-8-18(17)24(28)29)22-9-11-23(12-10-22)20(26)27/h2-8,13-14H,9-12H2,1H3,(H,21,25)(H,26,27). The summed E-state index contributed by atoms with van der Waals surface area (Å²) in [7, 11) is 0. The lowest BCUT2D eigenvalue weighted by Crippen LogP contribution is -2.48. The first-order valence-electron chi connectivity index (χ1n) is 9.39. The highest BCUT2D eigenvalue weighted by atomic mass is 16.6. The van der Waals surface area contributed by atoms with Crippen LogP contribution in [0.4, 0.5) is 21.9 Å². The first-order valence-corrected chi connectivity index (χ1v) is 9.39. The number of nitrogens with zero attached hydrogens (tertiary/aromatic N) is 3. The Labute approximate surface area is 172 Å². The Kier molecular flexibility index (Phi) is 6.35. The van der Waals surface area contributed by atoms with Gasteiger partial charge in [0.1, 0.15) is 11.4 Å². The molecule has 3 rings (SSSR count). The van der Waals surface area contributed by atoms with E-state index in [2.05, 4.69) is 5.32 Å². The normalized spacial score (nSPS) is 14.7. The molecule has 158 valence electrons. The van der Waals surface area contributed by atoms with Crippen molar-refractivity contribution in [3.8, 4) is 5.75 Å². The van der Waals surface area contributed by atoms with E-state index in [9.17, 15) is 19.7 Å². The molecule has 0 radical (unpaired) electrons. The smallest absolute Gasteiger partial charge is 0.407 e. The van der Waals surface area contributed by atoms with Gasteiger partial charge in [0.05, 0.1) is 4.92 Å². The van der Waals surface area contributed by atoms with E-state index >= 15 is 0 Å². The predicted octanol–water partition coefficient (Wildman–Crippen LogP) is 2.80. The Morgan fingerprint density at radius 1 is 1.13 bits per heavy atom. The highest BCUT2D eigenvalue weighted by Gasteiger charge is 2.24. The summed E-state index contributed by atoms with van der Waals surface area (Å²) in [5.41, 5.74) is 0.493. The van der Waals surface area contributed by atoms with Gasteiger partial charge in [0.25, 0.3) is 11.6 Å². The van der Waals surface area contributed by atoms with Gasteiger partial charge >= 0.3 is 6.09 Å². The number of anilines is 2. The summed E-state index contributed by atoms with van der Waals surface area (Å²) in [5, 5.41) is 23.1. The molecule has 1 saturated heterocycles. The molecule has 0 aromatic heterocycles. The topological polar surface area (TPSA) is 125 Å². The van der Waals surface area contributed by atoms with E-state index in [-0.39, 0.29) is 11.4 Å². The molecule has 1 aliphatic heterocycles. The number of nitro groups is 1. The van der Waals surface area contributed by atoms with Gasteiger partial charge < -0.3 is 25.0 Å². The first kappa shape index (κ1) is 20.9. The number of ether oxygens (including phenoxy) is 1. The average Bonchev–Trinajstić information content (AvgIpc) is 2.74. The van der Waals surface area contributed by atoms with Gasteiger partial charge in [-0.1, -0.05) is 18.2 Å². The second-order valence-electron chi connectivity index (χ2n) is 6.78. The van der Waals surface area contributed by atoms with Gasteiger partial charge in [-0.15, -0.1) is 0 Å². The summed E-state index contributed by atoms with van der Waals surface area (Å²) in [6.45, 7) is 3.12. The van der Waals surface area contributed by atoms with Gasteiger partial charge in [0.2, 0.25) is 0 Å². The largest absolute Gasteiger partial charge is 0.481 e. The zero-order chi connectivity index (χ0) is 21.7. The number of amides is 2. The number of hydrogen-bond donors (Lipinski definition) is 2. The van der Waals surface area contributed by atoms with Crippen LogP contribution < -0.4 is 15.0 Å². The first-order chi connectivity index (χ1) is 14.3. The monoisotopic (exact) mass is 414 g/mol. The Morgan fingerprint density at radius 2 is 1.80 bits per heavy atom. The Morgan fingerprint density at radius 3 is 2.40 bits per heavy atom. The molecule has 1 aliphatic rings. The molecule has 2 amide bonds. The molecule has 2 N–H and O–H groups in total. The van der Waals surface area contributed by atoms with Crippen LogP contribution in [0.15, 0.2) is 48.5 Å². The molecule has 2 aromatic rings. The van der Waals surface area contributed by atoms with Crippen LogP contribution in [0.3, 0.4) is 0 Å². The fourth-order valence-corrected chi connectivity index (χ4v) is 3.13. The van der Waals surface area contributed by atoms with Crippen LogP contribution in [0.2, 0.25) is 0 Å². The maximum absolute atomic E-state index is 12.6. The van der Waals surface area contributed by atoms with Gasteiger partial charge in [-0.3, -0.25) is 14.9 Å². The molecule has 0 saturated carbocycles. The van der Waals surface area contributed by atoms with Gasteiger partial charge in [-0.2, -0.15) is 0 Å². The third-order valence-electron chi connectivity index (χ3n) is 4.78. The van der Waals surface area contributed by atoms with Crippen molar-refractivity contribution in [2.24, 2.45) is 0 Å². The lowest BCUT2D eigenvalue weighted by Gasteiger charge is -2.34. The summed E-state index contributed by atoms with van der Waals surface area (Å²) in [5.74, 6) is -0.00509. The summed E-state index contributed by atoms with van der Waals surface area (Å²) in [6, 6.07) is 13.2. The lowest BCUT2D eigenvalue weighted by atomic mass is 10.2. The lowest BCUT2D eigenvalue weighted by molar-refractivity contribution is -0.383. The predicted molar refractivity (Wildman–Crippen MR) is 110 cm³/mol. The number of nitrogens with one attached hydrogen (secondary N) is 1. The number of hydrogen-bond acceptors (Lipinski definition) is 6. The maximum Gasteiger partial charge on any atom is 0.407 e. The zero-order valence-corrected chi connectivity index (χ0v) is 16.4. The van der Waals surface area contributed by atoms with Crippen LogP contribution in [0, 0.1) is 10.1 Å². The van der Waals surface area contributed by atoms with E-state index in [1.165, 1.54) is 17.0 Å². The van der Waals surface area contributed by atoms with Gasteiger partial charge in [0, 0.05) is 37.9 Å². The van der Waals surface area contributed by atoms with Crippen LogP contribution >= 0.6 is 0 Å². The fraction of sp³-hybridized carbons (Fsp3) is 0.300. The number of benzene rings is 2. The van der Waals surface area contributed by atoms with E-state index < -0.39 is 23.0 Å². The minimum Gasteiger partial charge on any atom is -0.481 e. The number of para-hydroxylation sites is 1. The quantitative estimate of drug-likeness (QED) is 0.550. The van der Waals surface area contributed by atoms with Crippen molar-refractivity contribution in [1.29, 1.82) is 0 Å². The SMILES string of the molecule is CC(Oc1ccccc1)C(=O)Nc1cc(N2CCN(C(=O)O)CC2)ccc1[N+](=O)[O-]. The van der Waals surface area contributed by atoms with Crippen molar-refractivity contribution >= 4 is 29.1 Å². The minimum absolute atomic E-state index is 0.0617. The molecule has 30 heavy (non-hydrogen) atoms. The van der Waals surface area contributed by atoms with E-state index in [0.29, 0.717) is 37.6 Å². The molecule has 1 heterocycles. The van der Waals surface area contributed by atoms with E-state index in [0.717, 1.165) is 0 Å². The number of nitro benzene ring substituents is 1. The zero-order valence-electron chi connectivity index (χ0n) is 16.4. The minimum atomic E-state index is -0.973. The molecule has 1 fully saturated rings. The van der Waals surface area contributed by atoms with Crippen LogP contribution in [0.5, 0.6) is 5.75 Å². The number of carboxylic acid groups (broad SMARTS) is 1. The summed E-state index contributed by atoms with van der Waals surface area (Å²) < 4.78 is 5.58. The molecule has 10 nitrogen and oxygen atoms in total. The van der Waals surface area contributed by atoms with Crippen molar-refractivity contribution < 1.29 is 24.4 Å². The van der Waals surface area contributed by atoms with Crippen LogP contribution in [-0.2, 0) is 4.79 Å². The highest BCUT2D eigenvalue weighted by Crippen LogP contribution is 2.30. The van der Waals surface area contributed by atoms with E-state index in [4.69, 9.17) is 9.84 Å². The Balaban J connectivity index is 1.74. The molecule has 10 heteroatoms. The van der Waals surface area contributed by atoms with Crippen molar-refractivity contribution in [1.82, 2.24) is 4.90 Å². The molecular formula is C20H22N4O6. The molecule has 0 aliphatic carbocycles. The molecule has 0 bridgehead atoms. The van der Waals surface area contributed by atoms with Crippen molar-refractivity contribution in [3.05, 3.63) is 58.6 Å². The van der Waals surface area contributed by atoms with Crippen LogP contribution in [-0.4, -0.2) is 59.2 Å². The average molecular weight is 414 g/mol. The number of rotatable bonds is 6. The second-order valence-corrected chi connectivity index (χ2v) is 6.78. The molecule has 2 aromatic carbocycles. The fourth-order valence-electron chi connectivity index (χ4n) is 3.13. The summed E-state index contributed by atoms with van der Waals surface area (Å²) in [4.78, 5) is 37.7. The highest BCUT2D eigenvalue weighted by molar-refractivity contribution is 5.96. The summed E-state index contributed by atoms with van der Waals surface area (Å²) in [6.07, 6.45) is -1.84. The van der Waals surface area contributed by atoms with Gasteiger partial charge in [-0.25, -0.2) is 4.79 Å². The van der Waals surface area contributed by atoms with Crippen LogP contribution in [0.1, 0.15) is 6.92 Å². The van der Waals surface area contributed by atoms with Gasteiger partial charge in [-0.05, 0) is 31.2 Å². The van der Waals surface area contributed by atoms with Crippen molar-refractivity contribution in [2.75, 3.05) is 36.4 Å². The van der Waals surface area contributed by atoms with Crippen molar-refractivity contribution in [2.45, 2.75) is 13.0 Å². The third-order valence-corrected chi connectivity index (χ3v) is 4.78. The van der Waals surface area contributed by atoms with Gasteiger partial charge in [0.15, 0.2) is 6.10 Å². The number of carbonyl (C=O) groups excluding carboxylic acids is 1.